The highest BCUT2D eigenvalue weighted by Gasteiger charge is 2.27. The van der Waals surface area contributed by atoms with Crippen LogP contribution < -0.4 is 0 Å². The van der Waals surface area contributed by atoms with E-state index in [0.717, 1.165) is 0 Å². The SMILES string of the molecule is CN(C)C(=O)c1ccc(S(=O)(=O)C(=Cc2cc(C(C)(C)C)c(O)c(C(C)(C)C)c2)CC#N)cc1. The Balaban J connectivity index is 2.69. The van der Waals surface area contributed by atoms with Crippen molar-refractivity contribution < 1.29 is 18.3 Å². The number of aromatic hydroxyl groups is 1. The van der Waals surface area contributed by atoms with Crippen LogP contribution in [0, 0.1) is 11.3 Å². The lowest BCUT2D eigenvalue weighted by Crippen LogP contribution is -2.21. The van der Waals surface area contributed by atoms with Gasteiger partial charge in [-0.25, -0.2) is 8.42 Å². The standard InChI is InChI=1S/C27H34N2O4S/c1-26(2,3)22-16-18(17-23(24(22)30)27(4,5)6)15-21(13-14-28)34(32,33)20-11-9-19(10-12-20)25(31)29(7)8/h9-12,15-17,30H,13H2,1-8H3. The van der Waals surface area contributed by atoms with Crippen LogP contribution in [-0.2, 0) is 20.7 Å². The molecule has 0 radical (unpaired) electrons. The summed E-state index contributed by atoms with van der Waals surface area (Å²) in [5, 5.41) is 20.3. The minimum atomic E-state index is -3.98. The number of carbonyl (C=O) groups is 1. The molecule has 0 saturated carbocycles. The molecule has 0 aromatic heterocycles. The van der Waals surface area contributed by atoms with Gasteiger partial charge in [0.05, 0.1) is 22.3 Å². The Kier molecular flexibility index (Phi) is 7.69. The average molecular weight is 483 g/mol. The van der Waals surface area contributed by atoms with Gasteiger partial charge < -0.3 is 10.0 Å². The van der Waals surface area contributed by atoms with Gasteiger partial charge in [-0.05, 0) is 58.9 Å². The van der Waals surface area contributed by atoms with E-state index in [4.69, 9.17) is 0 Å². The molecule has 0 bridgehead atoms. The Hall–Kier alpha value is -3.11. The van der Waals surface area contributed by atoms with Gasteiger partial charge in [0.25, 0.3) is 5.91 Å². The summed E-state index contributed by atoms with van der Waals surface area (Å²) >= 11 is 0. The summed E-state index contributed by atoms with van der Waals surface area (Å²) in [6, 6.07) is 11.2. The predicted molar refractivity (Wildman–Crippen MR) is 135 cm³/mol. The van der Waals surface area contributed by atoms with E-state index in [1.54, 1.807) is 26.2 Å². The third kappa shape index (κ3) is 5.87. The average Bonchev–Trinajstić information content (AvgIpc) is 2.72. The Labute approximate surface area is 203 Å². The van der Waals surface area contributed by atoms with Crippen LogP contribution in [-0.4, -0.2) is 38.4 Å². The summed E-state index contributed by atoms with van der Waals surface area (Å²) in [7, 11) is -0.737. The van der Waals surface area contributed by atoms with E-state index in [-0.39, 0.29) is 38.7 Å². The Morgan fingerprint density at radius 3 is 1.85 bits per heavy atom. The number of nitrogens with zero attached hydrogens (tertiary/aromatic N) is 2. The van der Waals surface area contributed by atoms with Gasteiger partial charge in [0.15, 0.2) is 0 Å². The van der Waals surface area contributed by atoms with Crippen molar-refractivity contribution in [3.63, 3.8) is 0 Å². The molecule has 0 aliphatic rings. The number of nitriles is 1. The van der Waals surface area contributed by atoms with Crippen LogP contribution >= 0.6 is 0 Å². The third-order valence-electron chi connectivity index (χ3n) is 5.49. The van der Waals surface area contributed by atoms with E-state index in [1.807, 2.05) is 47.6 Å². The number of rotatable bonds is 5. The number of phenolic OH excluding ortho intramolecular Hbond substituents is 1. The monoisotopic (exact) mass is 482 g/mol. The zero-order valence-corrected chi connectivity index (χ0v) is 22.0. The predicted octanol–water partition coefficient (Wildman–Crippen LogP) is 5.42. The normalized spacial score (nSPS) is 12.9. The summed E-state index contributed by atoms with van der Waals surface area (Å²) in [4.78, 5) is 13.5. The summed E-state index contributed by atoms with van der Waals surface area (Å²) in [6.45, 7) is 11.9. The second-order valence-corrected chi connectivity index (χ2v) is 12.6. The molecule has 0 aliphatic heterocycles. The fraction of sp³-hybridized carbons (Fsp3) is 0.407. The molecule has 0 aliphatic carbocycles. The molecule has 0 saturated heterocycles. The molecule has 182 valence electrons. The number of amides is 1. The zero-order chi connectivity index (χ0) is 26.1. The smallest absolute Gasteiger partial charge is 0.253 e. The second-order valence-electron chi connectivity index (χ2n) is 10.6. The molecule has 2 aromatic carbocycles. The van der Waals surface area contributed by atoms with E-state index in [1.165, 1.54) is 35.2 Å². The van der Waals surface area contributed by atoms with Crippen molar-refractivity contribution in [3.05, 3.63) is 63.6 Å². The molecule has 2 rings (SSSR count). The van der Waals surface area contributed by atoms with Crippen molar-refractivity contribution in [2.45, 2.75) is 63.7 Å². The van der Waals surface area contributed by atoms with Gasteiger partial charge >= 0.3 is 0 Å². The molecule has 0 atom stereocenters. The van der Waals surface area contributed by atoms with Crippen molar-refractivity contribution >= 4 is 21.8 Å². The largest absolute Gasteiger partial charge is 0.507 e. The first-order valence-electron chi connectivity index (χ1n) is 11.0. The van der Waals surface area contributed by atoms with Crippen molar-refractivity contribution in [1.29, 1.82) is 5.26 Å². The summed E-state index contributed by atoms with van der Waals surface area (Å²) in [5.41, 5.74) is 1.62. The van der Waals surface area contributed by atoms with Crippen molar-refractivity contribution in [1.82, 2.24) is 4.90 Å². The van der Waals surface area contributed by atoms with Gasteiger partial charge in [-0.15, -0.1) is 0 Å². The van der Waals surface area contributed by atoms with E-state index < -0.39 is 9.84 Å². The number of benzene rings is 2. The van der Waals surface area contributed by atoms with Gasteiger partial charge in [0.1, 0.15) is 5.75 Å². The van der Waals surface area contributed by atoms with Crippen molar-refractivity contribution in [2.75, 3.05) is 14.1 Å². The van der Waals surface area contributed by atoms with Crippen LogP contribution in [0.2, 0.25) is 0 Å². The van der Waals surface area contributed by atoms with Crippen molar-refractivity contribution in [3.8, 4) is 11.8 Å². The number of sulfone groups is 1. The van der Waals surface area contributed by atoms with Crippen LogP contribution in [0.5, 0.6) is 5.75 Å². The quantitative estimate of drug-likeness (QED) is 0.614. The van der Waals surface area contributed by atoms with Gasteiger partial charge in [-0.2, -0.15) is 5.26 Å². The third-order valence-corrected chi connectivity index (χ3v) is 7.34. The van der Waals surface area contributed by atoms with Gasteiger partial charge in [0, 0.05) is 30.8 Å². The maximum absolute atomic E-state index is 13.4. The summed E-state index contributed by atoms with van der Waals surface area (Å²) < 4.78 is 26.8. The molecular weight excluding hydrogens is 448 g/mol. The molecule has 6 nitrogen and oxygen atoms in total. The lowest BCUT2D eigenvalue weighted by molar-refractivity contribution is 0.0827. The molecule has 0 fully saturated rings. The van der Waals surface area contributed by atoms with E-state index in [9.17, 15) is 23.6 Å². The molecule has 1 amide bonds. The molecule has 2 aromatic rings. The number of carbonyl (C=O) groups excluding carboxylic acids is 1. The van der Waals surface area contributed by atoms with Crippen LogP contribution in [0.4, 0.5) is 0 Å². The van der Waals surface area contributed by atoms with Crippen LogP contribution in [0.25, 0.3) is 6.08 Å². The minimum Gasteiger partial charge on any atom is -0.507 e. The van der Waals surface area contributed by atoms with Gasteiger partial charge in [-0.3, -0.25) is 4.79 Å². The van der Waals surface area contributed by atoms with E-state index in [2.05, 4.69) is 0 Å². The molecular formula is C27H34N2O4S. The van der Waals surface area contributed by atoms with Gasteiger partial charge in [0.2, 0.25) is 9.84 Å². The lowest BCUT2D eigenvalue weighted by Gasteiger charge is -2.28. The van der Waals surface area contributed by atoms with E-state index in [0.29, 0.717) is 22.3 Å². The molecule has 34 heavy (non-hydrogen) atoms. The maximum Gasteiger partial charge on any atom is 0.253 e. The second kappa shape index (κ2) is 9.63. The van der Waals surface area contributed by atoms with E-state index >= 15 is 0 Å². The Morgan fingerprint density at radius 2 is 1.47 bits per heavy atom. The van der Waals surface area contributed by atoms with Crippen molar-refractivity contribution in [2.24, 2.45) is 0 Å². The highest BCUT2D eigenvalue weighted by molar-refractivity contribution is 7.95. The first kappa shape index (κ1) is 27.1. The lowest BCUT2D eigenvalue weighted by atomic mass is 9.78. The van der Waals surface area contributed by atoms with Crippen LogP contribution in [0.1, 0.15) is 75.0 Å². The van der Waals surface area contributed by atoms with Gasteiger partial charge in [-0.1, -0.05) is 41.5 Å². The fourth-order valence-corrected chi connectivity index (χ4v) is 4.90. The highest BCUT2D eigenvalue weighted by atomic mass is 32.2. The molecule has 0 heterocycles. The number of allylic oxidation sites excluding steroid dienone is 1. The topological polar surface area (TPSA) is 98.5 Å². The maximum atomic E-state index is 13.4. The molecule has 0 unspecified atom stereocenters. The Bertz CT molecular complexity index is 1220. The fourth-order valence-electron chi connectivity index (χ4n) is 3.56. The highest BCUT2D eigenvalue weighted by Crippen LogP contribution is 2.40. The molecule has 1 N–H and O–H groups in total. The van der Waals surface area contributed by atoms with Crippen LogP contribution in [0.15, 0.2) is 46.2 Å². The number of phenols is 1. The van der Waals surface area contributed by atoms with Crippen LogP contribution in [0.3, 0.4) is 0 Å². The number of hydrogen-bond acceptors (Lipinski definition) is 5. The molecule has 7 heteroatoms. The molecule has 0 spiro atoms. The minimum absolute atomic E-state index is 0.00942. The zero-order valence-electron chi connectivity index (χ0n) is 21.2. The Morgan fingerprint density at radius 1 is 1.00 bits per heavy atom. The first-order valence-corrected chi connectivity index (χ1v) is 12.5. The summed E-state index contributed by atoms with van der Waals surface area (Å²) in [6.07, 6.45) is 1.19. The summed E-state index contributed by atoms with van der Waals surface area (Å²) in [5.74, 6) is -0.0340. The number of hydrogen-bond donors (Lipinski definition) is 1. The first-order chi connectivity index (χ1) is 15.5.